The van der Waals surface area contributed by atoms with E-state index < -0.39 is 0 Å². The number of thiophene rings is 1. The average Bonchev–Trinajstić information content (AvgIpc) is 4.12. The van der Waals surface area contributed by atoms with Crippen LogP contribution in [0, 0.1) is 0 Å². The monoisotopic (exact) mass is 945 g/mol. The Labute approximate surface area is 422 Å². The lowest BCUT2D eigenvalue weighted by atomic mass is 9.96. The maximum absolute atomic E-state index is 5.51. The Morgan fingerprint density at radius 1 is 0.288 bits per heavy atom. The second-order valence-corrected chi connectivity index (χ2v) is 20.1. The van der Waals surface area contributed by atoms with Crippen LogP contribution in [0.2, 0.25) is 0 Å². The maximum Gasteiger partial charge on any atom is 0.238 e. The highest BCUT2D eigenvalue weighted by atomic mass is 32.1. The van der Waals surface area contributed by atoms with Crippen LogP contribution in [0.1, 0.15) is 0 Å². The Balaban J connectivity index is 0.914. The van der Waals surface area contributed by atoms with Crippen LogP contribution < -0.4 is 0 Å². The molecule has 4 heterocycles. The number of fused-ring (bicyclic) bond motifs is 15. The highest BCUT2D eigenvalue weighted by Gasteiger charge is 2.23. The number of nitrogens with zero attached hydrogens (tertiary/aromatic N) is 5. The fourth-order valence-corrected chi connectivity index (χ4v) is 13.1. The molecule has 0 bridgehead atoms. The maximum atomic E-state index is 5.51. The highest BCUT2D eigenvalue weighted by molar-refractivity contribution is 7.26. The van der Waals surface area contributed by atoms with Crippen molar-refractivity contribution in [3.8, 4) is 45.5 Å². The van der Waals surface area contributed by atoms with Gasteiger partial charge in [-0.05, 0) is 115 Å². The van der Waals surface area contributed by atoms with Gasteiger partial charge in [-0.3, -0.25) is 4.57 Å². The molecule has 0 atom stereocenters. The van der Waals surface area contributed by atoms with Crippen LogP contribution in [0.5, 0.6) is 0 Å². The number of hydrogen-bond acceptors (Lipinski definition) is 4. The lowest BCUT2D eigenvalue weighted by molar-refractivity contribution is 0.955. The van der Waals surface area contributed by atoms with E-state index in [1.165, 1.54) is 58.4 Å². The molecular formula is C67H39N5S. The van der Waals surface area contributed by atoms with Crippen molar-refractivity contribution in [2.45, 2.75) is 0 Å². The largest absolute Gasteiger partial charge is 0.308 e. The first kappa shape index (κ1) is 40.3. The van der Waals surface area contributed by atoms with Gasteiger partial charge < -0.3 is 4.57 Å². The SMILES string of the molecule is c1ccc2c(c1)cc(-c1nc(-c3cc4ccccc4c4ccccc34)nc(-n3c4ccccc4c4cc(-c5ccc6c(c5)c5ccccc5n6-c5cccc6c5sc5ccccc56)ccc43)n1)c1ccccc12. The molecule has 16 aromatic rings. The summed E-state index contributed by atoms with van der Waals surface area (Å²) in [7, 11) is 0. The van der Waals surface area contributed by atoms with Crippen LogP contribution in [0.25, 0.3) is 152 Å². The second-order valence-electron chi connectivity index (χ2n) is 19.1. The van der Waals surface area contributed by atoms with Crippen molar-refractivity contribution in [3.05, 3.63) is 237 Å². The van der Waals surface area contributed by atoms with Gasteiger partial charge in [0, 0.05) is 48.1 Å². The van der Waals surface area contributed by atoms with Crippen LogP contribution in [0.3, 0.4) is 0 Å². The summed E-state index contributed by atoms with van der Waals surface area (Å²) < 4.78 is 7.30. The van der Waals surface area contributed by atoms with E-state index in [4.69, 9.17) is 15.0 Å². The summed E-state index contributed by atoms with van der Waals surface area (Å²) in [5.74, 6) is 1.81. The third-order valence-corrected chi connectivity index (χ3v) is 16.4. The molecule has 73 heavy (non-hydrogen) atoms. The predicted octanol–water partition coefficient (Wildman–Crippen LogP) is 18.0. The number of hydrogen-bond donors (Lipinski definition) is 0. The molecule has 6 heteroatoms. The van der Waals surface area contributed by atoms with Gasteiger partial charge in [0.05, 0.1) is 32.5 Å². The molecule has 0 radical (unpaired) electrons. The van der Waals surface area contributed by atoms with Gasteiger partial charge in [0.15, 0.2) is 11.6 Å². The van der Waals surface area contributed by atoms with Gasteiger partial charge in [-0.1, -0.05) is 176 Å². The Kier molecular flexibility index (Phi) is 8.55. The van der Waals surface area contributed by atoms with Crippen LogP contribution in [0.15, 0.2) is 237 Å². The molecule has 0 saturated heterocycles. The molecule has 0 aliphatic rings. The van der Waals surface area contributed by atoms with Crippen LogP contribution in [-0.2, 0) is 0 Å². The van der Waals surface area contributed by atoms with E-state index in [0.29, 0.717) is 17.6 Å². The zero-order valence-electron chi connectivity index (χ0n) is 39.2. The summed E-state index contributed by atoms with van der Waals surface area (Å²) >= 11 is 1.87. The number of rotatable bonds is 5. The van der Waals surface area contributed by atoms with Gasteiger partial charge >= 0.3 is 0 Å². The molecular weight excluding hydrogens is 907 g/mol. The van der Waals surface area contributed by atoms with Crippen LogP contribution >= 0.6 is 11.3 Å². The average molecular weight is 946 g/mol. The van der Waals surface area contributed by atoms with Crippen LogP contribution in [-0.4, -0.2) is 24.1 Å². The lowest BCUT2D eigenvalue weighted by Crippen LogP contribution is -2.07. The molecule has 12 aromatic carbocycles. The van der Waals surface area contributed by atoms with E-state index in [9.17, 15) is 0 Å². The van der Waals surface area contributed by atoms with E-state index in [0.717, 1.165) is 76.4 Å². The molecule has 0 unspecified atom stereocenters. The summed E-state index contributed by atoms with van der Waals surface area (Å²) in [4.78, 5) is 16.5. The lowest BCUT2D eigenvalue weighted by Gasteiger charge is -2.15. The van der Waals surface area contributed by atoms with E-state index in [-0.39, 0.29) is 0 Å². The molecule has 338 valence electrons. The van der Waals surface area contributed by atoms with Crippen molar-refractivity contribution in [2.75, 3.05) is 0 Å². The summed E-state index contributed by atoms with van der Waals surface area (Å²) in [6, 6.07) is 85.7. The standard InChI is InChI=1S/C67H39N5S/c1-3-18-44-42(16-1)38-56(48-22-7-5-20-46(44)48)65-68-66(57-39-43-17-2-4-19-45(43)47-21-6-8-23-49(47)57)70-67(69-65)72-59-29-13-10-25-51(59)55-37-41(33-35-61(55)72)40-32-34-60-54(36-40)50-24-9-12-28-58(50)71(60)62-30-15-27-53-52-26-11-14-31-63(52)73-64(53)62/h1-39H. The van der Waals surface area contributed by atoms with Crippen molar-refractivity contribution < 1.29 is 0 Å². The third kappa shape index (κ3) is 5.99. The molecule has 16 rings (SSSR count). The van der Waals surface area contributed by atoms with Gasteiger partial charge in [-0.15, -0.1) is 11.3 Å². The van der Waals surface area contributed by atoms with E-state index in [1.54, 1.807) is 0 Å². The number of aromatic nitrogens is 5. The van der Waals surface area contributed by atoms with Crippen molar-refractivity contribution in [1.82, 2.24) is 24.1 Å². The smallest absolute Gasteiger partial charge is 0.238 e. The Hall–Kier alpha value is -9.49. The summed E-state index contributed by atoms with van der Waals surface area (Å²) in [5, 5.41) is 16.5. The first-order valence-corrected chi connectivity index (χ1v) is 25.6. The fraction of sp³-hybridized carbons (Fsp3) is 0. The van der Waals surface area contributed by atoms with Crippen molar-refractivity contribution in [1.29, 1.82) is 0 Å². The summed E-state index contributed by atoms with van der Waals surface area (Å²) in [6.07, 6.45) is 0. The van der Waals surface area contributed by atoms with Gasteiger partial charge in [0.2, 0.25) is 5.95 Å². The zero-order valence-corrected chi connectivity index (χ0v) is 40.0. The molecule has 4 aromatic heterocycles. The van der Waals surface area contributed by atoms with Gasteiger partial charge in [-0.2, -0.15) is 9.97 Å². The highest BCUT2D eigenvalue weighted by Crippen LogP contribution is 2.44. The molecule has 0 fully saturated rings. The molecule has 5 nitrogen and oxygen atoms in total. The van der Waals surface area contributed by atoms with Gasteiger partial charge in [0.25, 0.3) is 0 Å². The first-order valence-electron chi connectivity index (χ1n) is 24.8. The van der Waals surface area contributed by atoms with Crippen molar-refractivity contribution in [3.63, 3.8) is 0 Å². The molecule has 0 spiro atoms. The zero-order chi connectivity index (χ0) is 47.7. The second kappa shape index (κ2) is 15.5. The quantitative estimate of drug-likeness (QED) is 0.162. The molecule has 0 amide bonds. The van der Waals surface area contributed by atoms with E-state index in [1.807, 2.05) is 11.3 Å². The summed E-state index contributed by atoms with van der Waals surface area (Å²) in [6.45, 7) is 0. The summed E-state index contributed by atoms with van der Waals surface area (Å²) in [5.41, 5.74) is 9.86. The molecule has 0 saturated carbocycles. The first-order chi connectivity index (χ1) is 36.2. The Morgan fingerprint density at radius 3 is 1.32 bits per heavy atom. The number of para-hydroxylation sites is 2. The van der Waals surface area contributed by atoms with Crippen LogP contribution in [0.4, 0.5) is 0 Å². The number of benzene rings is 12. The van der Waals surface area contributed by atoms with E-state index in [2.05, 4.69) is 246 Å². The molecule has 0 aliphatic carbocycles. The Bertz CT molecular complexity index is 4860. The van der Waals surface area contributed by atoms with Crippen molar-refractivity contribution in [2.24, 2.45) is 0 Å². The topological polar surface area (TPSA) is 48.5 Å². The predicted molar refractivity (Wildman–Crippen MR) is 308 cm³/mol. The minimum Gasteiger partial charge on any atom is -0.308 e. The Morgan fingerprint density at radius 2 is 0.726 bits per heavy atom. The minimum atomic E-state index is 0.566. The third-order valence-electron chi connectivity index (χ3n) is 15.1. The fourth-order valence-electron chi connectivity index (χ4n) is 11.9. The normalized spacial score (nSPS) is 12.1. The molecule has 0 aliphatic heterocycles. The van der Waals surface area contributed by atoms with Crippen molar-refractivity contribution >= 4 is 118 Å². The van der Waals surface area contributed by atoms with Gasteiger partial charge in [0.1, 0.15) is 0 Å². The van der Waals surface area contributed by atoms with Gasteiger partial charge in [-0.25, -0.2) is 4.98 Å². The minimum absolute atomic E-state index is 0.566. The molecule has 0 N–H and O–H groups in total. The van der Waals surface area contributed by atoms with E-state index >= 15 is 0 Å².